The zero-order valence-corrected chi connectivity index (χ0v) is 55.1. The molecule has 7 aromatic carbocycles. The van der Waals surface area contributed by atoms with Crippen LogP contribution in [-0.4, -0.2) is 141 Å². The third-order valence-electron chi connectivity index (χ3n) is 18.3. The topological polar surface area (TPSA) is 168 Å². The van der Waals surface area contributed by atoms with Crippen LogP contribution in [0.5, 0.6) is 0 Å². The van der Waals surface area contributed by atoms with Crippen LogP contribution in [0.15, 0.2) is 212 Å². The van der Waals surface area contributed by atoms with Gasteiger partial charge in [-0.15, -0.1) is 0 Å². The van der Waals surface area contributed by atoms with Crippen LogP contribution >= 0.6 is 0 Å². The molecule has 8 unspecified atom stereocenters. The van der Waals surface area contributed by atoms with Gasteiger partial charge in [-0.25, -0.2) is 0 Å². The van der Waals surface area contributed by atoms with Crippen molar-refractivity contribution in [2.45, 2.75) is 210 Å². The molecular weight excluding hydrogens is 1210 g/mol. The standard InChI is InChI=1S/C78H92O17/c1-51-64(79)68-63(50-87-78(5,6)95-68)90-75(51)94-74-72(66(82-44-57-32-18-9-19-33-57)53(3)89-77(74)92-67-54(4)88-52(2)65(81-43-56-30-16-8-17-31-56)70(67)84-46-59-36-22-11-23-37-59)93-76-73(86-48-61-40-26-13-27-41-61)71(85-47-60-38-24-12-25-39-60)69(83-45-58-34-20-10-21-35-58)62(91-76)49-80-42-55-28-14-7-15-29-55/h7-41,51-54,62-77,79H,42-50H2,1-6H3/t51-,52?,53?,54-,62-,63?,64?,65-,66-,67?,68+,69+,70-,71?,72-,73?,74?,75-,76+,77-/m0/s1. The number of ether oxygens (including phenoxy) is 16. The summed E-state index contributed by atoms with van der Waals surface area (Å²) in [5.74, 6) is -1.65. The first-order chi connectivity index (χ1) is 46.4. The van der Waals surface area contributed by atoms with Crippen molar-refractivity contribution < 1.29 is 80.9 Å². The Hall–Kier alpha value is -6.14. The molecule has 1 N–H and O–H groups in total. The molecule has 7 aromatic rings. The summed E-state index contributed by atoms with van der Waals surface area (Å²) in [6.45, 7) is 13.2. The van der Waals surface area contributed by atoms with Gasteiger partial charge in [0.05, 0.1) is 83.9 Å². The van der Waals surface area contributed by atoms with Gasteiger partial charge in [0, 0.05) is 5.92 Å². The van der Waals surface area contributed by atoms with Crippen LogP contribution in [0.3, 0.4) is 0 Å². The summed E-state index contributed by atoms with van der Waals surface area (Å²) in [6.07, 6.45) is -16.9. The van der Waals surface area contributed by atoms with Gasteiger partial charge >= 0.3 is 0 Å². The molecule has 0 aromatic heterocycles. The Morgan fingerprint density at radius 3 is 1.17 bits per heavy atom. The van der Waals surface area contributed by atoms with Crippen molar-refractivity contribution in [1.82, 2.24) is 0 Å². The SMILES string of the molecule is CC1O[C@@H](OC2[C@H](C)OC(C)[C@H](OCc3ccccc3)[C@@H]2OCc2ccccc2)C(O[C@@H]2OC3COC(C)(C)O[C@H]3C(O)[C@@H]2C)[C@@H](O[C@H]2O[C@@H](COCc3ccccc3)[C@@H](OCc3ccccc3)C(OCc3ccccc3)C2OCc2ccccc2)[C@H]1OCc1ccccc1. The Bertz CT molecular complexity index is 3320. The second-order valence-electron chi connectivity index (χ2n) is 25.9. The molecule has 0 aliphatic carbocycles. The van der Waals surface area contributed by atoms with E-state index in [9.17, 15) is 5.11 Å². The van der Waals surface area contributed by atoms with E-state index in [1.165, 1.54) is 0 Å². The van der Waals surface area contributed by atoms with E-state index in [-0.39, 0.29) is 52.9 Å². The smallest absolute Gasteiger partial charge is 0.187 e. The van der Waals surface area contributed by atoms with Crippen LogP contribution in [-0.2, 0) is 122 Å². The highest BCUT2D eigenvalue weighted by Gasteiger charge is 2.58. The van der Waals surface area contributed by atoms with E-state index in [1.54, 1.807) is 0 Å². The summed E-state index contributed by atoms with van der Waals surface area (Å²) >= 11 is 0. The molecule has 506 valence electrons. The quantitative estimate of drug-likeness (QED) is 0.0491. The maximum atomic E-state index is 12.4. The van der Waals surface area contributed by atoms with Crippen LogP contribution in [0.1, 0.15) is 80.5 Å². The predicted octanol–water partition coefficient (Wildman–Crippen LogP) is 12.0. The van der Waals surface area contributed by atoms with E-state index in [0.29, 0.717) is 6.61 Å². The van der Waals surface area contributed by atoms with Crippen molar-refractivity contribution in [3.63, 3.8) is 0 Å². The Morgan fingerprint density at radius 2 is 0.705 bits per heavy atom. The molecule has 5 fully saturated rings. The van der Waals surface area contributed by atoms with E-state index < -0.39 is 128 Å². The van der Waals surface area contributed by atoms with Gasteiger partial charge in [0.1, 0.15) is 73.2 Å². The maximum absolute atomic E-state index is 12.4. The molecule has 95 heavy (non-hydrogen) atoms. The molecule has 20 atom stereocenters. The van der Waals surface area contributed by atoms with Crippen LogP contribution < -0.4 is 0 Å². The van der Waals surface area contributed by atoms with E-state index in [1.807, 2.05) is 254 Å². The van der Waals surface area contributed by atoms with Gasteiger partial charge in [-0.05, 0) is 73.6 Å². The normalized spacial score (nSPS) is 32.3. The van der Waals surface area contributed by atoms with Gasteiger partial charge in [-0.2, -0.15) is 0 Å². The molecule has 5 aliphatic heterocycles. The summed E-state index contributed by atoms with van der Waals surface area (Å²) < 4.78 is 113. The maximum Gasteiger partial charge on any atom is 0.187 e. The van der Waals surface area contributed by atoms with Crippen molar-refractivity contribution in [2.75, 3.05) is 13.2 Å². The first-order valence-electron chi connectivity index (χ1n) is 33.5. The van der Waals surface area contributed by atoms with Gasteiger partial charge in [0.15, 0.2) is 24.7 Å². The third kappa shape index (κ3) is 18.2. The molecule has 0 spiro atoms. The summed E-state index contributed by atoms with van der Waals surface area (Å²) in [4.78, 5) is 0. The minimum atomic E-state index is -1.28. The molecule has 0 amide bonds. The molecule has 5 heterocycles. The fourth-order valence-electron chi connectivity index (χ4n) is 13.2. The summed E-state index contributed by atoms with van der Waals surface area (Å²) in [5.41, 5.74) is 6.66. The van der Waals surface area contributed by atoms with E-state index in [0.717, 1.165) is 38.9 Å². The van der Waals surface area contributed by atoms with Crippen molar-refractivity contribution in [1.29, 1.82) is 0 Å². The first kappa shape index (κ1) is 68.8. The highest BCUT2D eigenvalue weighted by molar-refractivity contribution is 5.19. The van der Waals surface area contributed by atoms with Crippen LogP contribution in [0, 0.1) is 5.92 Å². The molecule has 17 nitrogen and oxygen atoms in total. The van der Waals surface area contributed by atoms with E-state index >= 15 is 0 Å². The van der Waals surface area contributed by atoms with E-state index in [4.69, 9.17) is 75.8 Å². The summed E-state index contributed by atoms with van der Waals surface area (Å²) in [7, 11) is 0. The number of benzene rings is 7. The van der Waals surface area contributed by atoms with Gasteiger partial charge < -0.3 is 80.9 Å². The second-order valence-corrected chi connectivity index (χ2v) is 25.9. The lowest BCUT2D eigenvalue weighted by Gasteiger charge is -2.53. The van der Waals surface area contributed by atoms with Crippen molar-refractivity contribution in [2.24, 2.45) is 5.92 Å². The number of aliphatic hydroxyl groups excluding tert-OH is 1. The number of rotatable bonds is 28. The first-order valence-corrected chi connectivity index (χ1v) is 33.5. The van der Waals surface area contributed by atoms with Crippen molar-refractivity contribution in [3.8, 4) is 0 Å². The summed E-state index contributed by atoms with van der Waals surface area (Å²) in [6, 6.07) is 70.0. The van der Waals surface area contributed by atoms with Gasteiger partial charge in [-0.1, -0.05) is 219 Å². The number of hydrogen-bond donors (Lipinski definition) is 1. The Kier molecular flexibility index (Phi) is 24.2. The third-order valence-corrected chi connectivity index (χ3v) is 18.3. The summed E-state index contributed by atoms with van der Waals surface area (Å²) in [5, 5.41) is 12.4. The average molecular weight is 1300 g/mol. The van der Waals surface area contributed by atoms with Crippen molar-refractivity contribution >= 4 is 0 Å². The fourth-order valence-corrected chi connectivity index (χ4v) is 13.2. The van der Waals surface area contributed by atoms with Crippen LogP contribution in [0.4, 0.5) is 0 Å². The molecule has 0 radical (unpaired) electrons. The Morgan fingerprint density at radius 1 is 0.358 bits per heavy atom. The number of fused-ring (bicyclic) bond motifs is 1. The highest BCUT2D eigenvalue weighted by Crippen LogP contribution is 2.42. The Balaban J connectivity index is 0.965. The molecule has 5 aliphatic rings. The average Bonchev–Trinajstić information content (AvgIpc) is 0.773. The lowest BCUT2D eigenvalue weighted by molar-refractivity contribution is -0.416. The fraction of sp³-hybridized carbons (Fsp3) is 0.462. The number of aliphatic hydroxyl groups is 1. The lowest BCUT2D eigenvalue weighted by Crippen LogP contribution is -2.68. The van der Waals surface area contributed by atoms with E-state index in [2.05, 4.69) is 0 Å². The minimum absolute atomic E-state index is 0.0687. The lowest BCUT2D eigenvalue weighted by atomic mass is 9.91. The van der Waals surface area contributed by atoms with Crippen molar-refractivity contribution in [3.05, 3.63) is 251 Å². The molecule has 0 bridgehead atoms. The monoisotopic (exact) mass is 1300 g/mol. The molecule has 12 rings (SSSR count). The molecule has 0 saturated carbocycles. The van der Waals surface area contributed by atoms with Gasteiger partial charge in [0.2, 0.25) is 0 Å². The molecule has 5 saturated heterocycles. The highest BCUT2D eigenvalue weighted by atomic mass is 16.8. The van der Waals surface area contributed by atoms with Gasteiger partial charge in [-0.3, -0.25) is 0 Å². The van der Waals surface area contributed by atoms with Crippen LogP contribution in [0.2, 0.25) is 0 Å². The zero-order chi connectivity index (χ0) is 65.5. The zero-order valence-electron chi connectivity index (χ0n) is 55.1. The predicted molar refractivity (Wildman–Crippen MR) is 353 cm³/mol. The van der Waals surface area contributed by atoms with Crippen LogP contribution in [0.25, 0.3) is 0 Å². The molecular formula is C78H92O17. The number of hydrogen-bond acceptors (Lipinski definition) is 17. The molecule has 17 heteroatoms. The Labute approximate surface area is 558 Å². The second kappa shape index (κ2) is 33.4. The largest absolute Gasteiger partial charge is 0.390 e. The minimum Gasteiger partial charge on any atom is -0.390 e. The van der Waals surface area contributed by atoms with Gasteiger partial charge in [0.25, 0.3) is 0 Å².